The molecule has 4 bridgehead atoms. The third kappa shape index (κ3) is 5.41. The van der Waals surface area contributed by atoms with E-state index in [0.29, 0.717) is 18.1 Å². The summed E-state index contributed by atoms with van der Waals surface area (Å²) in [4.78, 5) is 2.49. The highest BCUT2D eigenvalue weighted by atomic mass is 35.5. The predicted octanol–water partition coefficient (Wildman–Crippen LogP) is 5.05. The van der Waals surface area contributed by atoms with Crippen LogP contribution in [0.2, 0.25) is 0 Å². The largest absolute Gasteiger partial charge is 0.389 e. The van der Waals surface area contributed by atoms with Gasteiger partial charge in [0.1, 0.15) is 0 Å². The third-order valence-corrected chi connectivity index (χ3v) is 8.19. The van der Waals surface area contributed by atoms with Crippen LogP contribution in [0.1, 0.15) is 84.0 Å². The predicted molar refractivity (Wildman–Crippen MR) is 113 cm³/mol. The molecule has 0 aromatic carbocycles. The average molecular weight is 400 g/mol. The lowest BCUT2D eigenvalue weighted by molar-refractivity contribution is -0.0745. The van der Waals surface area contributed by atoms with Crippen molar-refractivity contribution in [3.63, 3.8) is 0 Å². The fourth-order valence-electron chi connectivity index (χ4n) is 7.41. The van der Waals surface area contributed by atoms with Crippen molar-refractivity contribution >= 4 is 12.4 Å². The quantitative estimate of drug-likeness (QED) is 0.551. The molecule has 27 heavy (non-hydrogen) atoms. The second kappa shape index (κ2) is 9.78. The lowest BCUT2D eigenvalue weighted by Gasteiger charge is -2.57. The van der Waals surface area contributed by atoms with Crippen molar-refractivity contribution < 1.29 is 9.84 Å². The Hall–Kier alpha value is 0.170. The zero-order chi connectivity index (χ0) is 18.0. The Morgan fingerprint density at radius 2 is 1.59 bits per heavy atom. The van der Waals surface area contributed by atoms with Crippen LogP contribution in [-0.4, -0.2) is 48.5 Å². The molecule has 3 nitrogen and oxygen atoms in total. The molecule has 0 aromatic heterocycles. The summed E-state index contributed by atoms with van der Waals surface area (Å²) in [6, 6.07) is 0.690. The summed E-state index contributed by atoms with van der Waals surface area (Å²) in [6.07, 6.45) is 16.6. The Morgan fingerprint density at radius 3 is 2.15 bits per heavy atom. The van der Waals surface area contributed by atoms with Crippen molar-refractivity contribution in [3.05, 3.63) is 0 Å². The average Bonchev–Trinajstić information content (AvgIpc) is 2.63. The molecular weight excluding hydrogens is 358 g/mol. The van der Waals surface area contributed by atoms with Crippen LogP contribution in [0.4, 0.5) is 0 Å². The number of rotatable bonds is 9. The molecule has 158 valence electrons. The van der Waals surface area contributed by atoms with Crippen molar-refractivity contribution in [2.24, 2.45) is 23.2 Å². The number of aliphatic hydroxyl groups excluding tert-OH is 1. The Labute approximate surface area is 173 Å². The molecule has 0 spiro atoms. The van der Waals surface area contributed by atoms with Gasteiger partial charge in [0.25, 0.3) is 0 Å². The molecule has 1 N–H and O–H groups in total. The van der Waals surface area contributed by atoms with Crippen LogP contribution >= 0.6 is 12.4 Å². The van der Waals surface area contributed by atoms with Crippen molar-refractivity contribution in [1.82, 2.24) is 4.90 Å². The number of likely N-dealkylation sites (N-methyl/N-ethyl adjacent to an activating group) is 1. The third-order valence-electron chi connectivity index (χ3n) is 8.19. The van der Waals surface area contributed by atoms with Gasteiger partial charge in [-0.15, -0.1) is 12.4 Å². The molecule has 1 unspecified atom stereocenters. The van der Waals surface area contributed by atoms with E-state index in [1.807, 2.05) is 0 Å². The summed E-state index contributed by atoms with van der Waals surface area (Å²) < 4.78 is 5.99. The molecule has 0 aromatic rings. The highest BCUT2D eigenvalue weighted by Gasteiger charge is 2.50. The molecule has 1 atom stereocenters. The molecule has 0 aliphatic heterocycles. The molecule has 0 amide bonds. The molecule has 5 aliphatic carbocycles. The molecule has 5 aliphatic rings. The molecule has 5 saturated carbocycles. The van der Waals surface area contributed by atoms with E-state index in [1.165, 1.54) is 77.0 Å². The van der Waals surface area contributed by atoms with Crippen molar-refractivity contribution in [2.45, 2.75) is 96.1 Å². The first-order chi connectivity index (χ1) is 12.7. The van der Waals surface area contributed by atoms with Gasteiger partial charge in [-0.05, 0) is 87.5 Å². The second-order valence-corrected chi connectivity index (χ2v) is 10.3. The van der Waals surface area contributed by atoms with E-state index in [9.17, 15) is 5.11 Å². The minimum atomic E-state index is -0.326. The summed E-state index contributed by atoms with van der Waals surface area (Å²) in [5.41, 5.74) is 0.608. The number of halogens is 1. The normalized spacial score (nSPS) is 36.8. The van der Waals surface area contributed by atoms with Crippen molar-refractivity contribution in [1.29, 1.82) is 0 Å². The number of nitrogens with zero attached hydrogens (tertiary/aromatic N) is 1. The summed E-state index contributed by atoms with van der Waals surface area (Å²) in [7, 11) is 0. The van der Waals surface area contributed by atoms with Crippen LogP contribution in [0.3, 0.4) is 0 Å². The van der Waals surface area contributed by atoms with E-state index >= 15 is 0 Å². The summed E-state index contributed by atoms with van der Waals surface area (Å²) >= 11 is 0. The summed E-state index contributed by atoms with van der Waals surface area (Å²) in [5.74, 6) is 3.08. The summed E-state index contributed by atoms with van der Waals surface area (Å²) in [6.45, 7) is 5.46. The SMILES string of the molecule is CCN(CC(O)COCCC12CC3CC(CC(C3)C1)C2)C1CCCCC1.Cl. The van der Waals surface area contributed by atoms with Gasteiger partial charge in [0.15, 0.2) is 0 Å². The van der Waals surface area contributed by atoms with Gasteiger partial charge in [0.2, 0.25) is 0 Å². The van der Waals surface area contributed by atoms with Gasteiger partial charge in [0.05, 0.1) is 12.7 Å². The van der Waals surface area contributed by atoms with Gasteiger partial charge in [0, 0.05) is 19.2 Å². The lowest BCUT2D eigenvalue weighted by atomic mass is 9.49. The highest BCUT2D eigenvalue weighted by molar-refractivity contribution is 5.85. The molecule has 5 fully saturated rings. The Morgan fingerprint density at radius 1 is 1.00 bits per heavy atom. The first-order valence-corrected chi connectivity index (χ1v) is 11.7. The van der Waals surface area contributed by atoms with E-state index in [0.717, 1.165) is 37.5 Å². The number of ether oxygens (including phenoxy) is 1. The van der Waals surface area contributed by atoms with Gasteiger partial charge in [-0.1, -0.05) is 26.2 Å². The number of hydrogen-bond donors (Lipinski definition) is 1. The van der Waals surface area contributed by atoms with Crippen LogP contribution < -0.4 is 0 Å². The minimum absolute atomic E-state index is 0. The minimum Gasteiger partial charge on any atom is -0.389 e. The maximum atomic E-state index is 10.5. The fraction of sp³-hybridized carbons (Fsp3) is 1.00. The molecule has 5 rings (SSSR count). The van der Waals surface area contributed by atoms with Crippen LogP contribution in [-0.2, 0) is 4.74 Å². The van der Waals surface area contributed by atoms with Crippen molar-refractivity contribution in [2.75, 3.05) is 26.3 Å². The van der Waals surface area contributed by atoms with E-state index < -0.39 is 0 Å². The molecular formula is C23H42ClNO2. The van der Waals surface area contributed by atoms with Gasteiger partial charge in [-0.25, -0.2) is 0 Å². The van der Waals surface area contributed by atoms with Crippen LogP contribution in [0.15, 0.2) is 0 Å². The smallest absolute Gasteiger partial charge is 0.0900 e. The highest BCUT2D eigenvalue weighted by Crippen LogP contribution is 2.61. The standard InChI is InChI=1S/C23H41NO2.ClH/c1-2-24(21-6-4-3-5-7-21)16-22(25)17-26-9-8-23-13-18-10-19(14-23)12-20(11-18)15-23;/h18-22,25H,2-17H2,1H3;1H. The van der Waals surface area contributed by atoms with E-state index in [2.05, 4.69) is 11.8 Å². The topological polar surface area (TPSA) is 32.7 Å². The fourth-order valence-corrected chi connectivity index (χ4v) is 7.41. The van der Waals surface area contributed by atoms with E-state index in [4.69, 9.17) is 4.74 Å². The van der Waals surface area contributed by atoms with Crippen LogP contribution in [0.25, 0.3) is 0 Å². The Kier molecular flexibility index (Phi) is 7.92. The molecule has 0 saturated heterocycles. The van der Waals surface area contributed by atoms with Gasteiger partial charge in [-0.3, -0.25) is 4.90 Å². The van der Waals surface area contributed by atoms with Gasteiger partial charge in [-0.2, -0.15) is 0 Å². The summed E-state index contributed by atoms with van der Waals surface area (Å²) in [5, 5.41) is 10.5. The molecule has 0 heterocycles. The molecule has 0 radical (unpaired) electrons. The van der Waals surface area contributed by atoms with Crippen LogP contribution in [0, 0.1) is 23.2 Å². The first-order valence-electron chi connectivity index (χ1n) is 11.7. The zero-order valence-corrected chi connectivity index (χ0v) is 18.2. The first kappa shape index (κ1) is 21.9. The molecule has 4 heteroatoms. The van der Waals surface area contributed by atoms with Crippen LogP contribution in [0.5, 0.6) is 0 Å². The second-order valence-electron chi connectivity index (χ2n) is 10.3. The Bertz CT molecular complexity index is 416. The zero-order valence-electron chi connectivity index (χ0n) is 17.4. The van der Waals surface area contributed by atoms with E-state index in [1.54, 1.807) is 0 Å². The van der Waals surface area contributed by atoms with Crippen molar-refractivity contribution in [3.8, 4) is 0 Å². The van der Waals surface area contributed by atoms with E-state index in [-0.39, 0.29) is 18.5 Å². The number of aliphatic hydroxyl groups is 1. The van der Waals surface area contributed by atoms with Gasteiger partial charge >= 0.3 is 0 Å². The maximum absolute atomic E-state index is 10.5. The monoisotopic (exact) mass is 399 g/mol. The lowest BCUT2D eigenvalue weighted by Crippen LogP contribution is -2.46. The maximum Gasteiger partial charge on any atom is 0.0900 e. The van der Waals surface area contributed by atoms with Gasteiger partial charge < -0.3 is 9.84 Å². The Balaban J connectivity index is 0.00000210. The number of hydrogen-bond acceptors (Lipinski definition) is 3.